The number of rotatable bonds is 5. The molecule has 0 radical (unpaired) electrons. The van der Waals surface area contributed by atoms with Gasteiger partial charge in [-0.05, 0) is 36.6 Å². The van der Waals surface area contributed by atoms with Gasteiger partial charge in [0.25, 0.3) is 0 Å². The number of nitrogens with zero attached hydrogens (tertiary/aromatic N) is 3. The lowest BCUT2D eigenvalue weighted by atomic mass is 10.1. The van der Waals surface area contributed by atoms with Crippen molar-refractivity contribution in [2.75, 3.05) is 0 Å². The number of thioether (sulfide) groups is 1. The number of benzene rings is 1. The molecule has 2 aromatic heterocycles. The van der Waals surface area contributed by atoms with Crippen molar-refractivity contribution in [3.63, 3.8) is 0 Å². The summed E-state index contributed by atoms with van der Waals surface area (Å²) in [5.41, 5.74) is 3.77. The van der Waals surface area contributed by atoms with Crippen LogP contribution in [0, 0.1) is 6.92 Å². The molecule has 0 amide bonds. The second-order valence-electron chi connectivity index (χ2n) is 5.32. The molecule has 0 aliphatic carbocycles. The number of hydrogen-bond donors (Lipinski definition) is 0. The monoisotopic (exact) mass is 363 g/mol. The molecule has 1 aromatic carbocycles. The summed E-state index contributed by atoms with van der Waals surface area (Å²) in [5, 5.41) is 12.6. The van der Waals surface area contributed by atoms with Gasteiger partial charge < -0.3 is 4.57 Å². The molecule has 0 fully saturated rings. The topological polar surface area (TPSA) is 30.7 Å². The van der Waals surface area contributed by atoms with Gasteiger partial charge in [-0.1, -0.05) is 42.4 Å². The quantitative estimate of drug-likeness (QED) is 0.571. The number of hydrogen-bond acceptors (Lipinski definition) is 4. The maximum atomic E-state index is 6.04. The van der Waals surface area contributed by atoms with E-state index in [-0.39, 0.29) is 0 Å². The molecule has 120 valence electrons. The normalized spacial score (nSPS) is 11.1. The predicted octanol–water partition coefficient (Wildman–Crippen LogP) is 5.36. The van der Waals surface area contributed by atoms with Gasteiger partial charge >= 0.3 is 0 Å². The fourth-order valence-corrected chi connectivity index (χ4v) is 4.56. The highest BCUT2D eigenvalue weighted by molar-refractivity contribution is 7.98. The third kappa shape index (κ3) is 3.47. The van der Waals surface area contributed by atoms with Gasteiger partial charge in [-0.15, -0.1) is 21.5 Å². The SMILES string of the molecule is CCc1c(-c2nnc(SCc3cccc(Cl)c3)n2C)csc1C. The first-order chi connectivity index (χ1) is 11.1. The zero-order valence-electron chi connectivity index (χ0n) is 13.3. The minimum Gasteiger partial charge on any atom is -0.305 e. The van der Waals surface area contributed by atoms with Crippen LogP contribution in [0.5, 0.6) is 0 Å². The molecule has 0 N–H and O–H groups in total. The zero-order valence-corrected chi connectivity index (χ0v) is 15.7. The van der Waals surface area contributed by atoms with E-state index in [1.165, 1.54) is 21.6 Å². The van der Waals surface area contributed by atoms with Gasteiger partial charge in [0.15, 0.2) is 11.0 Å². The summed E-state index contributed by atoms with van der Waals surface area (Å²) in [6.07, 6.45) is 1.02. The molecule has 0 aliphatic rings. The number of aryl methyl sites for hydroxylation is 1. The molecule has 3 rings (SSSR count). The van der Waals surface area contributed by atoms with Crippen LogP contribution >= 0.6 is 34.7 Å². The van der Waals surface area contributed by atoms with E-state index in [0.29, 0.717) is 0 Å². The molecule has 6 heteroatoms. The van der Waals surface area contributed by atoms with E-state index in [0.717, 1.165) is 28.2 Å². The van der Waals surface area contributed by atoms with Crippen LogP contribution in [0.2, 0.25) is 5.02 Å². The molecule has 0 aliphatic heterocycles. The van der Waals surface area contributed by atoms with Crippen molar-refractivity contribution >= 4 is 34.7 Å². The zero-order chi connectivity index (χ0) is 16.4. The Morgan fingerprint density at radius 2 is 2.13 bits per heavy atom. The van der Waals surface area contributed by atoms with Crippen LogP contribution in [0.25, 0.3) is 11.4 Å². The van der Waals surface area contributed by atoms with Crippen LogP contribution in [0.1, 0.15) is 22.9 Å². The number of aromatic nitrogens is 3. The summed E-state index contributed by atoms with van der Waals surface area (Å²) in [4.78, 5) is 1.36. The maximum absolute atomic E-state index is 6.04. The van der Waals surface area contributed by atoms with E-state index < -0.39 is 0 Å². The van der Waals surface area contributed by atoms with Crippen molar-refractivity contribution in [1.82, 2.24) is 14.8 Å². The second kappa shape index (κ2) is 7.07. The van der Waals surface area contributed by atoms with Crippen molar-refractivity contribution < 1.29 is 0 Å². The molecule has 0 saturated carbocycles. The lowest BCUT2D eigenvalue weighted by Crippen LogP contribution is -1.96. The predicted molar refractivity (Wildman–Crippen MR) is 99.4 cm³/mol. The Bertz CT molecular complexity index is 823. The Labute approximate surface area is 149 Å². The Balaban J connectivity index is 1.82. The van der Waals surface area contributed by atoms with Crippen molar-refractivity contribution in [2.45, 2.75) is 31.2 Å². The van der Waals surface area contributed by atoms with Crippen LogP contribution in [0.4, 0.5) is 0 Å². The molecule has 0 atom stereocenters. The van der Waals surface area contributed by atoms with E-state index in [4.69, 9.17) is 11.6 Å². The molecule has 23 heavy (non-hydrogen) atoms. The van der Waals surface area contributed by atoms with Crippen molar-refractivity contribution in [1.29, 1.82) is 0 Å². The summed E-state index contributed by atoms with van der Waals surface area (Å²) in [6, 6.07) is 7.93. The van der Waals surface area contributed by atoms with Crippen LogP contribution in [0.3, 0.4) is 0 Å². The van der Waals surface area contributed by atoms with Gasteiger partial charge in [0.2, 0.25) is 0 Å². The van der Waals surface area contributed by atoms with Crippen molar-refractivity contribution in [3.8, 4) is 11.4 Å². The summed E-state index contributed by atoms with van der Waals surface area (Å²) < 4.78 is 2.08. The second-order valence-corrected chi connectivity index (χ2v) is 7.78. The van der Waals surface area contributed by atoms with E-state index in [9.17, 15) is 0 Å². The minimum atomic E-state index is 0.767. The molecule has 0 unspecified atom stereocenters. The lowest BCUT2D eigenvalue weighted by Gasteiger charge is -2.05. The molecule has 0 saturated heterocycles. The Morgan fingerprint density at radius 1 is 1.30 bits per heavy atom. The molecule has 2 heterocycles. The smallest absolute Gasteiger partial charge is 0.191 e. The van der Waals surface area contributed by atoms with Gasteiger partial charge in [-0.25, -0.2) is 0 Å². The average molecular weight is 364 g/mol. The standard InChI is InChI=1S/C17H18ClN3S2/c1-4-14-11(2)22-10-15(14)16-19-20-17(21(16)3)23-9-12-6-5-7-13(18)8-12/h5-8,10H,4,9H2,1-3H3. The van der Waals surface area contributed by atoms with Crippen LogP contribution in [-0.4, -0.2) is 14.8 Å². The summed E-state index contributed by atoms with van der Waals surface area (Å²) in [6.45, 7) is 4.35. The highest BCUT2D eigenvalue weighted by Gasteiger charge is 2.16. The first-order valence-corrected chi connectivity index (χ1v) is 9.68. The summed E-state index contributed by atoms with van der Waals surface area (Å²) in [5.74, 6) is 1.77. The largest absolute Gasteiger partial charge is 0.305 e. The van der Waals surface area contributed by atoms with E-state index in [2.05, 4.69) is 40.1 Å². The van der Waals surface area contributed by atoms with Crippen molar-refractivity contribution in [3.05, 3.63) is 50.7 Å². The minimum absolute atomic E-state index is 0.767. The van der Waals surface area contributed by atoms with Crippen LogP contribution in [-0.2, 0) is 19.2 Å². The lowest BCUT2D eigenvalue weighted by molar-refractivity contribution is 0.793. The van der Waals surface area contributed by atoms with E-state index in [1.54, 1.807) is 23.1 Å². The average Bonchev–Trinajstić information content (AvgIpc) is 3.08. The Morgan fingerprint density at radius 3 is 2.87 bits per heavy atom. The fourth-order valence-electron chi connectivity index (χ4n) is 2.56. The first-order valence-electron chi connectivity index (χ1n) is 7.44. The van der Waals surface area contributed by atoms with Gasteiger partial charge in [-0.3, -0.25) is 0 Å². The van der Waals surface area contributed by atoms with E-state index >= 15 is 0 Å². The van der Waals surface area contributed by atoms with Gasteiger partial charge in [0.1, 0.15) is 0 Å². The highest BCUT2D eigenvalue weighted by atomic mass is 35.5. The van der Waals surface area contributed by atoms with E-state index in [1.807, 2.05) is 25.2 Å². The molecule has 0 spiro atoms. The fraction of sp³-hybridized carbons (Fsp3) is 0.294. The molecular formula is C17H18ClN3S2. The highest BCUT2D eigenvalue weighted by Crippen LogP contribution is 2.32. The molecule has 3 aromatic rings. The molecule has 3 nitrogen and oxygen atoms in total. The van der Waals surface area contributed by atoms with Gasteiger partial charge in [0, 0.05) is 33.6 Å². The maximum Gasteiger partial charge on any atom is 0.191 e. The number of thiophene rings is 1. The van der Waals surface area contributed by atoms with Gasteiger partial charge in [-0.2, -0.15) is 0 Å². The molecular weight excluding hydrogens is 346 g/mol. The summed E-state index contributed by atoms with van der Waals surface area (Å²) >= 11 is 9.49. The summed E-state index contributed by atoms with van der Waals surface area (Å²) in [7, 11) is 2.03. The number of halogens is 1. The van der Waals surface area contributed by atoms with Crippen molar-refractivity contribution in [2.24, 2.45) is 7.05 Å². The third-order valence-corrected chi connectivity index (χ3v) is 6.07. The van der Waals surface area contributed by atoms with Crippen LogP contribution < -0.4 is 0 Å². The Hall–Kier alpha value is -1.30. The van der Waals surface area contributed by atoms with Gasteiger partial charge in [0.05, 0.1) is 0 Å². The molecule has 0 bridgehead atoms. The van der Waals surface area contributed by atoms with Crippen LogP contribution in [0.15, 0.2) is 34.8 Å². The third-order valence-electron chi connectivity index (χ3n) is 3.79. The Kier molecular flexibility index (Phi) is 5.09. The first kappa shape index (κ1) is 16.6.